The van der Waals surface area contributed by atoms with Crippen molar-refractivity contribution < 1.29 is 0 Å². The molecular formula is C17H26N2S2. The molecule has 0 spiro atoms. The van der Waals surface area contributed by atoms with E-state index in [0.717, 1.165) is 59.9 Å². The quantitative estimate of drug-likeness (QED) is 0.586. The Morgan fingerprint density at radius 2 is 1.52 bits per heavy atom. The van der Waals surface area contributed by atoms with Crippen molar-refractivity contribution in [3.63, 3.8) is 0 Å². The molecule has 1 aromatic carbocycles. The predicted octanol–water partition coefficient (Wildman–Crippen LogP) is 5.85. The molecule has 1 aromatic rings. The molecule has 4 heteroatoms. The highest BCUT2D eigenvalue weighted by Crippen LogP contribution is 2.21. The molecule has 0 fully saturated rings. The highest BCUT2D eigenvalue weighted by atomic mass is 32.1. The van der Waals surface area contributed by atoms with Crippen LogP contribution in [0.3, 0.4) is 0 Å². The number of aryl methyl sites for hydroxylation is 1. The van der Waals surface area contributed by atoms with Gasteiger partial charge in [-0.05, 0) is 50.3 Å². The number of nitrogens with one attached hydrogen (secondary N) is 2. The lowest BCUT2D eigenvalue weighted by molar-refractivity contribution is 0.839. The molecule has 0 radical (unpaired) electrons. The van der Waals surface area contributed by atoms with E-state index in [1.165, 1.54) is 5.56 Å². The van der Waals surface area contributed by atoms with Crippen LogP contribution in [-0.2, 0) is 0 Å². The maximum atomic E-state index is 5.39. The SMILES string of the molecule is CCCCC(=S)Nc1ccc(C)c(NC(=S)CCCC)c1. The summed E-state index contributed by atoms with van der Waals surface area (Å²) in [6.07, 6.45) is 6.46. The first kappa shape index (κ1) is 18.1. The molecule has 0 aliphatic heterocycles. The lowest BCUT2D eigenvalue weighted by Crippen LogP contribution is -2.12. The van der Waals surface area contributed by atoms with Gasteiger partial charge in [0.1, 0.15) is 0 Å². The van der Waals surface area contributed by atoms with Crippen molar-refractivity contribution in [2.45, 2.75) is 59.3 Å². The summed E-state index contributed by atoms with van der Waals surface area (Å²) < 4.78 is 0. The molecule has 0 atom stereocenters. The van der Waals surface area contributed by atoms with E-state index in [-0.39, 0.29) is 0 Å². The summed E-state index contributed by atoms with van der Waals surface area (Å²) in [5.41, 5.74) is 3.29. The van der Waals surface area contributed by atoms with Gasteiger partial charge in [0.25, 0.3) is 0 Å². The molecule has 1 rings (SSSR count). The van der Waals surface area contributed by atoms with Crippen LogP contribution in [-0.4, -0.2) is 9.98 Å². The second-order valence-electron chi connectivity index (χ2n) is 5.33. The Morgan fingerprint density at radius 3 is 2.10 bits per heavy atom. The monoisotopic (exact) mass is 322 g/mol. The third-order valence-corrected chi connectivity index (χ3v) is 3.92. The molecule has 0 aliphatic rings. The zero-order valence-electron chi connectivity index (χ0n) is 13.3. The Labute approximate surface area is 139 Å². The average molecular weight is 323 g/mol. The normalized spacial score (nSPS) is 10.2. The highest BCUT2D eigenvalue weighted by molar-refractivity contribution is 7.80. The average Bonchev–Trinajstić information content (AvgIpc) is 2.46. The number of hydrogen-bond acceptors (Lipinski definition) is 2. The van der Waals surface area contributed by atoms with Crippen LogP contribution in [0.15, 0.2) is 18.2 Å². The van der Waals surface area contributed by atoms with Crippen LogP contribution in [0.5, 0.6) is 0 Å². The number of unbranched alkanes of at least 4 members (excludes halogenated alkanes) is 2. The zero-order valence-corrected chi connectivity index (χ0v) is 14.9. The van der Waals surface area contributed by atoms with Crippen molar-refractivity contribution in [2.24, 2.45) is 0 Å². The van der Waals surface area contributed by atoms with E-state index >= 15 is 0 Å². The zero-order chi connectivity index (χ0) is 15.7. The first-order chi connectivity index (χ1) is 10.1. The fraction of sp³-hybridized carbons (Fsp3) is 0.529. The van der Waals surface area contributed by atoms with Crippen molar-refractivity contribution in [1.29, 1.82) is 0 Å². The maximum absolute atomic E-state index is 5.39. The second kappa shape index (κ2) is 9.85. The molecule has 0 aromatic heterocycles. The summed E-state index contributed by atoms with van der Waals surface area (Å²) in [5, 5.41) is 6.66. The Hall–Kier alpha value is -1.000. The number of anilines is 2. The van der Waals surface area contributed by atoms with Crippen LogP contribution in [0.25, 0.3) is 0 Å². The molecule has 116 valence electrons. The van der Waals surface area contributed by atoms with E-state index < -0.39 is 0 Å². The van der Waals surface area contributed by atoms with E-state index in [1.807, 2.05) is 0 Å². The van der Waals surface area contributed by atoms with Gasteiger partial charge in [-0.15, -0.1) is 0 Å². The molecule has 0 unspecified atom stereocenters. The van der Waals surface area contributed by atoms with Gasteiger partial charge in [0.15, 0.2) is 0 Å². The smallest absolute Gasteiger partial charge is 0.0797 e. The van der Waals surface area contributed by atoms with E-state index in [2.05, 4.69) is 49.6 Å². The molecule has 0 heterocycles. The minimum absolute atomic E-state index is 0.903. The standard InChI is InChI=1S/C17H26N2S2/c1-4-6-8-16(20)18-14-11-10-13(3)15(12-14)19-17(21)9-7-5-2/h10-12H,4-9H2,1-3H3,(H,18,20)(H,19,21). The topological polar surface area (TPSA) is 24.1 Å². The molecule has 0 bridgehead atoms. The van der Waals surface area contributed by atoms with Crippen molar-refractivity contribution in [1.82, 2.24) is 0 Å². The van der Waals surface area contributed by atoms with Crippen LogP contribution in [0.4, 0.5) is 11.4 Å². The maximum Gasteiger partial charge on any atom is 0.0797 e. The number of rotatable bonds is 8. The summed E-state index contributed by atoms with van der Waals surface area (Å²) >= 11 is 10.8. The van der Waals surface area contributed by atoms with E-state index in [0.29, 0.717) is 0 Å². The van der Waals surface area contributed by atoms with Gasteiger partial charge in [-0.25, -0.2) is 0 Å². The van der Waals surface area contributed by atoms with Gasteiger partial charge < -0.3 is 10.6 Å². The van der Waals surface area contributed by atoms with Crippen LogP contribution >= 0.6 is 24.4 Å². The molecule has 0 saturated carbocycles. The summed E-state index contributed by atoms with van der Waals surface area (Å²) in [6.45, 7) is 6.44. The van der Waals surface area contributed by atoms with Crippen molar-refractivity contribution in [3.8, 4) is 0 Å². The molecule has 0 aliphatic carbocycles. The van der Waals surface area contributed by atoms with Crippen molar-refractivity contribution in [3.05, 3.63) is 23.8 Å². The first-order valence-electron chi connectivity index (χ1n) is 7.77. The van der Waals surface area contributed by atoms with Crippen LogP contribution in [0.1, 0.15) is 57.9 Å². The van der Waals surface area contributed by atoms with Gasteiger partial charge in [-0.2, -0.15) is 0 Å². The summed E-state index contributed by atoms with van der Waals surface area (Å²) in [6, 6.07) is 6.25. The minimum atomic E-state index is 0.903. The van der Waals surface area contributed by atoms with Crippen LogP contribution in [0.2, 0.25) is 0 Å². The van der Waals surface area contributed by atoms with Gasteiger partial charge in [-0.1, -0.05) is 57.2 Å². The van der Waals surface area contributed by atoms with Gasteiger partial charge in [0.2, 0.25) is 0 Å². The number of thiocarbonyl (C=S) groups is 2. The Morgan fingerprint density at radius 1 is 0.952 bits per heavy atom. The van der Waals surface area contributed by atoms with Crippen molar-refractivity contribution >= 4 is 45.8 Å². The summed E-state index contributed by atoms with van der Waals surface area (Å²) in [7, 11) is 0. The third-order valence-electron chi connectivity index (χ3n) is 3.31. The van der Waals surface area contributed by atoms with Crippen LogP contribution < -0.4 is 10.6 Å². The van der Waals surface area contributed by atoms with Gasteiger partial charge in [0.05, 0.1) is 9.98 Å². The second-order valence-corrected chi connectivity index (χ2v) is 6.32. The van der Waals surface area contributed by atoms with Gasteiger partial charge in [0, 0.05) is 11.4 Å². The number of hydrogen-bond donors (Lipinski definition) is 2. The summed E-state index contributed by atoms with van der Waals surface area (Å²) in [4.78, 5) is 1.81. The predicted molar refractivity (Wildman–Crippen MR) is 103 cm³/mol. The molecule has 0 amide bonds. The minimum Gasteiger partial charge on any atom is -0.350 e. The van der Waals surface area contributed by atoms with E-state index in [1.54, 1.807) is 0 Å². The lowest BCUT2D eigenvalue weighted by atomic mass is 10.1. The molecule has 2 N–H and O–H groups in total. The highest BCUT2D eigenvalue weighted by Gasteiger charge is 2.04. The first-order valence-corrected chi connectivity index (χ1v) is 8.58. The Balaban J connectivity index is 2.66. The Bertz CT molecular complexity index is 484. The molecule has 2 nitrogen and oxygen atoms in total. The summed E-state index contributed by atoms with van der Waals surface area (Å²) in [5.74, 6) is 0. The fourth-order valence-electron chi connectivity index (χ4n) is 1.95. The molecule has 0 saturated heterocycles. The van der Waals surface area contributed by atoms with E-state index in [9.17, 15) is 0 Å². The Kier molecular flexibility index (Phi) is 8.47. The number of benzene rings is 1. The molecular weight excluding hydrogens is 296 g/mol. The lowest BCUT2D eigenvalue weighted by Gasteiger charge is -2.14. The van der Waals surface area contributed by atoms with E-state index in [4.69, 9.17) is 24.4 Å². The fourth-order valence-corrected chi connectivity index (χ4v) is 2.46. The molecule has 21 heavy (non-hydrogen) atoms. The van der Waals surface area contributed by atoms with Gasteiger partial charge >= 0.3 is 0 Å². The van der Waals surface area contributed by atoms with Crippen molar-refractivity contribution in [2.75, 3.05) is 10.6 Å². The van der Waals surface area contributed by atoms with Crippen LogP contribution in [0, 0.1) is 6.92 Å². The van der Waals surface area contributed by atoms with Gasteiger partial charge in [-0.3, -0.25) is 0 Å². The largest absolute Gasteiger partial charge is 0.350 e. The third kappa shape index (κ3) is 7.00.